The van der Waals surface area contributed by atoms with Crippen LogP contribution in [0.5, 0.6) is 5.75 Å². The van der Waals surface area contributed by atoms with Gasteiger partial charge in [0.1, 0.15) is 11.6 Å². The molecular formula is C29H33N5O. The third-order valence-corrected chi connectivity index (χ3v) is 7.42. The standard InChI is InChI=1S/C29H33N5O/c1-35-24-11-7-10-22(18-24)27-19-28-31-26-13-6-5-12-25(26)29(34(28)32-27)30-23-14-16-33(17-15-23)20-21-8-3-2-4-9-21/h2-4,7-11,18-19,23,30H,5-6,12-17,20H2,1H3. The van der Waals surface area contributed by atoms with E-state index in [-0.39, 0.29) is 0 Å². The van der Waals surface area contributed by atoms with Crippen LogP contribution in [0.25, 0.3) is 16.9 Å². The van der Waals surface area contributed by atoms with Crippen LogP contribution >= 0.6 is 0 Å². The van der Waals surface area contributed by atoms with Crippen molar-refractivity contribution in [2.24, 2.45) is 0 Å². The van der Waals surface area contributed by atoms with Crippen molar-refractivity contribution in [2.75, 3.05) is 25.5 Å². The molecule has 0 unspecified atom stereocenters. The molecule has 2 aliphatic rings. The number of anilines is 1. The Bertz CT molecular complexity index is 1310. The topological polar surface area (TPSA) is 54.7 Å². The maximum atomic E-state index is 5.44. The molecule has 6 heteroatoms. The van der Waals surface area contributed by atoms with E-state index in [1.807, 2.05) is 18.2 Å². The zero-order valence-electron chi connectivity index (χ0n) is 20.4. The van der Waals surface area contributed by atoms with Crippen LogP contribution in [0.4, 0.5) is 5.82 Å². The van der Waals surface area contributed by atoms with Gasteiger partial charge in [-0.2, -0.15) is 9.61 Å². The molecule has 1 N–H and O–H groups in total. The summed E-state index contributed by atoms with van der Waals surface area (Å²) < 4.78 is 7.49. The molecule has 1 fully saturated rings. The van der Waals surface area contributed by atoms with Gasteiger partial charge in [-0.3, -0.25) is 4.90 Å². The van der Waals surface area contributed by atoms with Gasteiger partial charge in [-0.05, 0) is 56.2 Å². The summed E-state index contributed by atoms with van der Waals surface area (Å²) in [7, 11) is 1.70. The molecular weight excluding hydrogens is 434 g/mol. The van der Waals surface area contributed by atoms with Crippen molar-refractivity contribution in [3.63, 3.8) is 0 Å². The van der Waals surface area contributed by atoms with Gasteiger partial charge in [0.05, 0.1) is 12.8 Å². The second kappa shape index (κ2) is 9.70. The molecule has 2 aromatic carbocycles. The Balaban J connectivity index is 1.26. The summed E-state index contributed by atoms with van der Waals surface area (Å²) in [5.41, 5.74) is 6.89. The van der Waals surface area contributed by atoms with Crippen LogP contribution in [-0.4, -0.2) is 45.7 Å². The van der Waals surface area contributed by atoms with E-state index in [1.54, 1.807) is 7.11 Å². The van der Waals surface area contributed by atoms with Gasteiger partial charge < -0.3 is 10.1 Å². The number of rotatable bonds is 6. The molecule has 0 bridgehead atoms. The SMILES string of the molecule is COc1cccc(-c2cc3nc4c(c(NC5CCN(Cc6ccccc6)CC5)n3n2)CCCC4)c1. The summed E-state index contributed by atoms with van der Waals surface area (Å²) in [6, 6.07) is 21.5. The Kier molecular flexibility index (Phi) is 6.13. The number of ether oxygens (including phenoxy) is 1. The highest BCUT2D eigenvalue weighted by Crippen LogP contribution is 2.32. The second-order valence-corrected chi connectivity index (χ2v) is 9.80. The lowest BCUT2D eigenvalue weighted by Crippen LogP contribution is -2.39. The summed E-state index contributed by atoms with van der Waals surface area (Å²) in [5.74, 6) is 1.99. The number of piperidine rings is 1. The lowest BCUT2D eigenvalue weighted by atomic mass is 9.95. The van der Waals surface area contributed by atoms with E-state index in [4.69, 9.17) is 14.8 Å². The van der Waals surface area contributed by atoms with Crippen LogP contribution < -0.4 is 10.1 Å². The molecule has 0 atom stereocenters. The Morgan fingerprint density at radius 3 is 2.63 bits per heavy atom. The summed E-state index contributed by atoms with van der Waals surface area (Å²) in [6.07, 6.45) is 6.82. The Labute approximate surface area is 206 Å². The van der Waals surface area contributed by atoms with Crippen molar-refractivity contribution in [1.29, 1.82) is 0 Å². The van der Waals surface area contributed by atoms with Gasteiger partial charge in [-0.25, -0.2) is 4.98 Å². The minimum absolute atomic E-state index is 0.447. The van der Waals surface area contributed by atoms with Gasteiger partial charge in [0.15, 0.2) is 5.65 Å². The highest BCUT2D eigenvalue weighted by molar-refractivity contribution is 5.68. The summed E-state index contributed by atoms with van der Waals surface area (Å²) in [6.45, 7) is 3.25. The van der Waals surface area contributed by atoms with Crippen molar-refractivity contribution in [3.8, 4) is 17.0 Å². The minimum Gasteiger partial charge on any atom is -0.497 e. The summed E-state index contributed by atoms with van der Waals surface area (Å²) in [4.78, 5) is 7.61. The van der Waals surface area contributed by atoms with Crippen molar-refractivity contribution in [1.82, 2.24) is 19.5 Å². The van der Waals surface area contributed by atoms with Crippen molar-refractivity contribution in [3.05, 3.63) is 77.5 Å². The smallest absolute Gasteiger partial charge is 0.158 e. The molecule has 1 saturated heterocycles. The molecule has 0 saturated carbocycles. The van der Waals surface area contributed by atoms with Crippen LogP contribution in [0.3, 0.4) is 0 Å². The molecule has 180 valence electrons. The van der Waals surface area contributed by atoms with Crippen LogP contribution in [0.1, 0.15) is 42.5 Å². The van der Waals surface area contributed by atoms with Crippen LogP contribution in [-0.2, 0) is 19.4 Å². The zero-order chi connectivity index (χ0) is 23.6. The maximum Gasteiger partial charge on any atom is 0.158 e. The third-order valence-electron chi connectivity index (χ3n) is 7.42. The predicted octanol–water partition coefficient (Wildman–Crippen LogP) is 5.36. The molecule has 0 radical (unpaired) electrons. The molecule has 0 amide bonds. The number of nitrogens with zero attached hydrogens (tertiary/aromatic N) is 4. The highest BCUT2D eigenvalue weighted by atomic mass is 16.5. The van der Waals surface area contributed by atoms with E-state index in [2.05, 4.69) is 57.2 Å². The average molecular weight is 468 g/mol. The molecule has 2 aromatic heterocycles. The van der Waals surface area contributed by atoms with Crippen molar-refractivity contribution >= 4 is 11.5 Å². The normalized spacial score (nSPS) is 16.8. The summed E-state index contributed by atoms with van der Waals surface area (Å²) in [5, 5.41) is 8.96. The molecule has 4 aromatic rings. The molecule has 1 aliphatic carbocycles. The minimum atomic E-state index is 0.447. The second-order valence-electron chi connectivity index (χ2n) is 9.80. The van der Waals surface area contributed by atoms with Crippen molar-refractivity contribution < 1.29 is 4.74 Å². The van der Waals surface area contributed by atoms with Gasteiger partial charge in [0, 0.05) is 48.6 Å². The van der Waals surface area contributed by atoms with E-state index in [1.165, 1.54) is 29.7 Å². The van der Waals surface area contributed by atoms with Gasteiger partial charge >= 0.3 is 0 Å². The fourth-order valence-electron chi connectivity index (χ4n) is 5.49. The van der Waals surface area contributed by atoms with E-state index in [0.717, 1.165) is 73.8 Å². The predicted molar refractivity (Wildman–Crippen MR) is 140 cm³/mol. The maximum absolute atomic E-state index is 5.44. The fraction of sp³-hybridized carbons (Fsp3) is 0.379. The molecule has 6 rings (SSSR count). The molecule has 6 nitrogen and oxygen atoms in total. The number of likely N-dealkylation sites (tertiary alicyclic amines) is 1. The number of aryl methyl sites for hydroxylation is 1. The number of hydrogen-bond acceptors (Lipinski definition) is 5. The number of methoxy groups -OCH3 is 1. The van der Waals surface area contributed by atoms with Gasteiger partial charge in [0.25, 0.3) is 0 Å². The van der Waals surface area contributed by atoms with Gasteiger partial charge in [-0.1, -0.05) is 42.5 Å². The lowest BCUT2D eigenvalue weighted by molar-refractivity contribution is 0.211. The first kappa shape index (κ1) is 22.1. The Hall–Kier alpha value is -3.38. The number of nitrogens with one attached hydrogen (secondary N) is 1. The third kappa shape index (κ3) is 4.63. The molecule has 1 aliphatic heterocycles. The first-order chi connectivity index (χ1) is 17.3. The van der Waals surface area contributed by atoms with Gasteiger partial charge in [-0.15, -0.1) is 0 Å². The largest absolute Gasteiger partial charge is 0.497 e. The highest BCUT2D eigenvalue weighted by Gasteiger charge is 2.25. The van der Waals surface area contributed by atoms with E-state index in [9.17, 15) is 0 Å². The first-order valence-electron chi connectivity index (χ1n) is 12.9. The monoisotopic (exact) mass is 467 g/mol. The number of aromatic nitrogens is 3. The van der Waals surface area contributed by atoms with Crippen LogP contribution in [0.2, 0.25) is 0 Å². The Morgan fingerprint density at radius 2 is 1.80 bits per heavy atom. The zero-order valence-corrected chi connectivity index (χ0v) is 20.4. The van der Waals surface area contributed by atoms with Crippen LogP contribution in [0, 0.1) is 0 Å². The molecule has 35 heavy (non-hydrogen) atoms. The lowest BCUT2D eigenvalue weighted by Gasteiger charge is -2.33. The fourth-order valence-corrected chi connectivity index (χ4v) is 5.49. The van der Waals surface area contributed by atoms with Gasteiger partial charge in [0.2, 0.25) is 0 Å². The van der Waals surface area contributed by atoms with E-state index in [0.29, 0.717) is 6.04 Å². The quantitative estimate of drug-likeness (QED) is 0.414. The van der Waals surface area contributed by atoms with Crippen molar-refractivity contribution in [2.45, 2.75) is 51.1 Å². The molecule has 3 heterocycles. The number of hydrogen-bond donors (Lipinski definition) is 1. The first-order valence-corrected chi connectivity index (χ1v) is 12.9. The number of fused-ring (bicyclic) bond motifs is 2. The van der Waals surface area contributed by atoms with E-state index < -0.39 is 0 Å². The Morgan fingerprint density at radius 1 is 0.971 bits per heavy atom. The van der Waals surface area contributed by atoms with E-state index >= 15 is 0 Å². The van der Waals surface area contributed by atoms with Crippen LogP contribution in [0.15, 0.2) is 60.7 Å². The number of benzene rings is 2. The summed E-state index contributed by atoms with van der Waals surface area (Å²) >= 11 is 0. The molecule has 0 spiro atoms. The average Bonchev–Trinajstić information content (AvgIpc) is 3.34.